The van der Waals surface area contributed by atoms with Gasteiger partial charge in [-0.3, -0.25) is 0 Å². The van der Waals surface area contributed by atoms with Gasteiger partial charge in [0, 0.05) is 22.1 Å². The van der Waals surface area contributed by atoms with E-state index in [0.717, 1.165) is 15.6 Å². The maximum Gasteiger partial charge on any atom is 0.165 e. The highest BCUT2D eigenvalue weighted by Crippen LogP contribution is 2.24. The summed E-state index contributed by atoms with van der Waals surface area (Å²) in [4.78, 5) is 0. The first-order valence-electron chi connectivity index (χ1n) is 6.52. The van der Waals surface area contributed by atoms with Gasteiger partial charge in [0.05, 0.1) is 7.11 Å². The first kappa shape index (κ1) is 16.3. The third-order valence-electron chi connectivity index (χ3n) is 3.29. The molecule has 0 bridgehead atoms. The minimum absolute atomic E-state index is 0.0213. The molecular formula is C16H16BrClFNO. The van der Waals surface area contributed by atoms with Crippen molar-refractivity contribution in [3.63, 3.8) is 0 Å². The molecule has 0 amide bonds. The molecule has 0 heterocycles. The van der Waals surface area contributed by atoms with Crippen LogP contribution in [0.25, 0.3) is 0 Å². The summed E-state index contributed by atoms with van der Waals surface area (Å²) in [6.07, 6.45) is 0. The van der Waals surface area contributed by atoms with E-state index < -0.39 is 0 Å². The van der Waals surface area contributed by atoms with Gasteiger partial charge >= 0.3 is 0 Å². The van der Waals surface area contributed by atoms with Crippen molar-refractivity contribution >= 4 is 27.5 Å². The Kier molecular flexibility index (Phi) is 5.62. The lowest BCUT2D eigenvalue weighted by Crippen LogP contribution is -2.18. The molecule has 1 atom stereocenters. The van der Waals surface area contributed by atoms with Crippen LogP contribution in [0.3, 0.4) is 0 Å². The predicted molar refractivity (Wildman–Crippen MR) is 87.4 cm³/mol. The van der Waals surface area contributed by atoms with E-state index in [-0.39, 0.29) is 17.6 Å². The topological polar surface area (TPSA) is 21.3 Å². The van der Waals surface area contributed by atoms with Gasteiger partial charge in [0.2, 0.25) is 0 Å². The van der Waals surface area contributed by atoms with Crippen LogP contribution in [0.1, 0.15) is 24.1 Å². The molecule has 0 fully saturated rings. The number of benzene rings is 2. The summed E-state index contributed by atoms with van der Waals surface area (Å²) < 4.78 is 19.6. The maximum atomic E-state index is 13.7. The van der Waals surface area contributed by atoms with Crippen molar-refractivity contribution in [1.29, 1.82) is 0 Å². The zero-order valence-electron chi connectivity index (χ0n) is 11.8. The lowest BCUT2D eigenvalue weighted by Gasteiger charge is -2.16. The van der Waals surface area contributed by atoms with E-state index in [2.05, 4.69) is 21.2 Å². The van der Waals surface area contributed by atoms with E-state index in [4.69, 9.17) is 16.3 Å². The molecule has 2 nitrogen and oxygen atoms in total. The molecule has 1 N–H and O–H groups in total. The number of rotatable bonds is 5. The summed E-state index contributed by atoms with van der Waals surface area (Å²) in [7, 11) is 1.46. The summed E-state index contributed by atoms with van der Waals surface area (Å²) in [5.41, 5.74) is 1.97. The maximum absolute atomic E-state index is 13.7. The third kappa shape index (κ3) is 4.19. The van der Waals surface area contributed by atoms with Crippen LogP contribution in [0.4, 0.5) is 4.39 Å². The van der Waals surface area contributed by atoms with E-state index in [1.807, 2.05) is 31.2 Å². The van der Waals surface area contributed by atoms with Crippen LogP contribution in [0.2, 0.25) is 5.02 Å². The predicted octanol–water partition coefficient (Wildman–Crippen LogP) is 5.10. The summed E-state index contributed by atoms with van der Waals surface area (Å²) in [6.45, 7) is 2.65. The van der Waals surface area contributed by atoms with Gasteiger partial charge in [-0.2, -0.15) is 0 Å². The number of ether oxygens (including phenoxy) is 1. The molecule has 0 aliphatic carbocycles. The Morgan fingerprint density at radius 3 is 2.67 bits per heavy atom. The lowest BCUT2D eigenvalue weighted by molar-refractivity contribution is 0.385. The Hall–Kier alpha value is -1.10. The zero-order chi connectivity index (χ0) is 15.4. The molecule has 21 heavy (non-hydrogen) atoms. The standard InChI is InChI=1S/C16H16BrClFNO/c1-10(11-4-6-16(21-2)15(19)7-11)20-9-12-3-5-13(18)8-14(12)17/h3-8,10,20H,9H2,1-2H3. The zero-order valence-corrected chi connectivity index (χ0v) is 14.1. The lowest BCUT2D eigenvalue weighted by atomic mass is 10.1. The van der Waals surface area contributed by atoms with Crippen molar-refractivity contribution in [2.75, 3.05) is 7.11 Å². The van der Waals surface area contributed by atoms with Crippen LogP contribution in [0.15, 0.2) is 40.9 Å². The summed E-state index contributed by atoms with van der Waals surface area (Å²) in [6, 6.07) is 10.7. The van der Waals surface area contributed by atoms with Crippen LogP contribution in [0, 0.1) is 5.82 Å². The fraction of sp³-hybridized carbons (Fsp3) is 0.250. The van der Waals surface area contributed by atoms with Crippen LogP contribution in [-0.2, 0) is 6.54 Å². The van der Waals surface area contributed by atoms with E-state index in [1.54, 1.807) is 6.07 Å². The first-order chi connectivity index (χ1) is 10.0. The highest BCUT2D eigenvalue weighted by atomic mass is 79.9. The summed E-state index contributed by atoms with van der Waals surface area (Å²) in [5, 5.41) is 4.05. The van der Waals surface area contributed by atoms with Crippen molar-refractivity contribution in [3.8, 4) is 5.75 Å². The monoisotopic (exact) mass is 371 g/mol. The third-order valence-corrected chi connectivity index (χ3v) is 4.26. The van der Waals surface area contributed by atoms with Crippen molar-refractivity contribution in [3.05, 3.63) is 62.8 Å². The molecule has 0 saturated carbocycles. The number of halogens is 3. The van der Waals surface area contributed by atoms with Gasteiger partial charge in [-0.15, -0.1) is 0 Å². The van der Waals surface area contributed by atoms with Crippen molar-refractivity contribution in [1.82, 2.24) is 5.32 Å². The normalized spacial score (nSPS) is 12.2. The molecule has 2 rings (SSSR count). The molecule has 1 unspecified atom stereocenters. The van der Waals surface area contributed by atoms with Gasteiger partial charge in [0.15, 0.2) is 11.6 Å². The van der Waals surface area contributed by atoms with E-state index >= 15 is 0 Å². The summed E-state index contributed by atoms with van der Waals surface area (Å²) in [5.74, 6) is -0.0947. The minimum atomic E-state index is -0.351. The molecule has 0 aromatic heterocycles. The Balaban J connectivity index is 2.04. The molecule has 0 saturated heterocycles. The molecule has 0 spiro atoms. The highest BCUT2D eigenvalue weighted by Gasteiger charge is 2.10. The molecule has 0 aliphatic rings. The number of hydrogen-bond donors (Lipinski definition) is 1. The molecule has 112 valence electrons. The Labute approximate surface area is 137 Å². The van der Waals surface area contributed by atoms with Gasteiger partial charge in [-0.1, -0.05) is 39.7 Å². The van der Waals surface area contributed by atoms with Crippen molar-refractivity contribution in [2.45, 2.75) is 19.5 Å². The van der Waals surface area contributed by atoms with Crippen LogP contribution >= 0.6 is 27.5 Å². The number of hydrogen-bond acceptors (Lipinski definition) is 2. The van der Waals surface area contributed by atoms with Crippen LogP contribution in [-0.4, -0.2) is 7.11 Å². The number of nitrogens with one attached hydrogen (secondary N) is 1. The van der Waals surface area contributed by atoms with Gasteiger partial charge in [0.1, 0.15) is 0 Å². The summed E-state index contributed by atoms with van der Waals surface area (Å²) >= 11 is 9.40. The minimum Gasteiger partial charge on any atom is -0.494 e. The second-order valence-electron chi connectivity index (χ2n) is 4.73. The quantitative estimate of drug-likeness (QED) is 0.788. The highest BCUT2D eigenvalue weighted by molar-refractivity contribution is 9.10. The molecule has 5 heteroatoms. The Morgan fingerprint density at radius 1 is 1.29 bits per heavy atom. The Bertz CT molecular complexity index is 636. The Morgan fingerprint density at radius 2 is 2.05 bits per heavy atom. The van der Waals surface area contributed by atoms with Crippen LogP contribution in [0.5, 0.6) is 5.75 Å². The molecule has 2 aromatic rings. The fourth-order valence-corrected chi connectivity index (χ4v) is 2.82. The van der Waals surface area contributed by atoms with Crippen LogP contribution < -0.4 is 10.1 Å². The van der Waals surface area contributed by atoms with E-state index in [1.165, 1.54) is 13.2 Å². The second kappa shape index (κ2) is 7.25. The SMILES string of the molecule is COc1ccc(C(C)NCc2ccc(Cl)cc2Br)cc1F. The van der Waals surface area contributed by atoms with E-state index in [0.29, 0.717) is 11.6 Å². The molecule has 2 aromatic carbocycles. The fourth-order valence-electron chi connectivity index (χ4n) is 2.00. The second-order valence-corrected chi connectivity index (χ2v) is 6.02. The molecule has 0 aliphatic heterocycles. The average Bonchev–Trinajstić information content (AvgIpc) is 2.46. The smallest absolute Gasteiger partial charge is 0.165 e. The largest absolute Gasteiger partial charge is 0.494 e. The van der Waals surface area contributed by atoms with Gasteiger partial charge < -0.3 is 10.1 Å². The molecular weight excluding hydrogens is 357 g/mol. The van der Waals surface area contributed by atoms with E-state index in [9.17, 15) is 4.39 Å². The van der Waals surface area contributed by atoms with Gasteiger partial charge in [0.25, 0.3) is 0 Å². The number of methoxy groups -OCH3 is 1. The van der Waals surface area contributed by atoms with Crippen molar-refractivity contribution < 1.29 is 9.13 Å². The van der Waals surface area contributed by atoms with Gasteiger partial charge in [-0.25, -0.2) is 4.39 Å². The van der Waals surface area contributed by atoms with Crippen molar-refractivity contribution in [2.24, 2.45) is 0 Å². The van der Waals surface area contributed by atoms with Gasteiger partial charge in [-0.05, 0) is 42.3 Å². The molecule has 0 radical (unpaired) electrons. The average molecular weight is 373 g/mol. The first-order valence-corrected chi connectivity index (χ1v) is 7.69.